The smallest absolute Gasteiger partial charge is 0.330 e. The van der Waals surface area contributed by atoms with E-state index < -0.39 is 0 Å². The summed E-state index contributed by atoms with van der Waals surface area (Å²) in [6, 6.07) is 0. The van der Waals surface area contributed by atoms with Gasteiger partial charge in [-0.2, -0.15) is 0 Å². The van der Waals surface area contributed by atoms with Gasteiger partial charge in [-0.05, 0) is 13.0 Å². The molecule has 3 N–H and O–H groups in total. The molecule has 0 aromatic carbocycles. The number of aromatic nitrogens is 3. The van der Waals surface area contributed by atoms with Gasteiger partial charge in [0.2, 0.25) is 0 Å². The lowest BCUT2D eigenvalue weighted by molar-refractivity contribution is 0.764. The van der Waals surface area contributed by atoms with Crippen LogP contribution in [0.2, 0.25) is 0 Å². The van der Waals surface area contributed by atoms with Crippen LogP contribution >= 0.6 is 11.8 Å². The number of aromatic amines is 1. The third-order valence-corrected chi connectivity index (χ3v) is 2.53. The van der Waals surface area contributed by atoms with Crippen molar-refractivity contribution < 1.29 is 0 Å². The minimum atomic E-state index is -0.176. The summed E-state index contributed by atoms with van der Waals surface area (Å²) < 4.78 is 1.49. The van der Waals surface area contributed by atoms with Crippen LogP contribution in [0, 0.1) is 0 Å². The molecule has 0 spiro atoms. The summed E-state index contributed by atoms with van der Waals surface area (Å²) in [6.45, 7) is 0.672. The maximum atomic E-state index is 10.9. The monoisotopic (exact) mass is 188 g/mol. The second kappa shape index (κ2) is 4.32. The molecule has 1 heterocycles. The first-order valence-corrected chi connectivity index (χ1v) is 4.68. The summed E-state index contributed by atoms with van der Waals surface area (Å²) in [4.78, 5) is 10.9. The summed E-state index contributed by atoms with van der Waals surface area (Å²) >= 11 is 1.53. The highest BCUT2D eigenvalue weighted by Crippen LogP contribution is 2.11. The van der Waals surface area contributed by atoms with Gasteiger partial charge >= 0.3 is 5.69 Å². The first kappa shape index (κ1) is 9.34. The van der Waals surface area contributed by atoms with Crippen LogP contribution in [0.15, 0.2) is 9.95 Å². The Hall–Kier alpha value is -0.750. The lowest BCUT2D eigenvalue weighted by Gasteiger charge is -1.96. The molecule has 0 fully saturated rings. The van der Waals surface area contributed by atoms with E-state index in [1.165, 1.54) is 16.3 Å². The topological polar surface area (TPSA) is 76.7 Å². The third kappa shape index (κ3) is 2.12. The maximum absolute atomic E-state index is 10.9. The van der Waals surface area contributed by atoms with E-state index in [1.54, 1.807) is 7.05 Å². The Morgan fingerprint density at radius 3 is 3.00 bits per heavy atom. The third-order valence-electron chi connectivity index (χ3n) is 1.42. The molecule has 68 valence electrons. The molecule has 5 nitrogen and oxygen atoms in total. The Morgan fingerprint density at radius 1 is 1.75 bits per heavy atom. The van der Waals surface area contributed by atoms with Crippen LogP contribution in [-0.4, -0.2) is 27.1 Å². The zero-order chi connectivity index (χ0) is 8.97. The Morgan fingerprint density at radius 2 is 2.50 bits per heavy atom. The normalized spacial score (nSPS) is 10.5. The predicted molar refractivity (Wildman–Crippen MR) is 48.2 cm³/mol. The van der Waals surface area contributed by atoms with E-state index in [0.717, 1.165) is 12.2 Å². The van der Waals surface area contributed by atoms with Crippen molar-refractivity contribution in [2.45, 2.75) is 11.6 Å². The molecule has 0 bridgehead atoms. The zero-order valence-electron chi connectivity index (χ0n) is 6.91. The number of H-pyrrole nitrogens is 1. The summed E-state index contributed by atoms with van der Waals surface area (Å²) in [5, 5.41) is 6.92. The highest BCUT2D eigenvalue weighted by Gasteiger charge is 2.02. The van der Waals surface area contributed by atoms with E-state index in [2.05, 4.69) is 10.2 Å². The largest absolute Gasteiger partial charge is 0.343 e. The van der Waals surface area contributed by atoms with E-state index in [0.29, 0.717) is 11.7 Å². The molecule has 0 saturated heterocycles. The fourth-order valence-corrected chi connectivity index (χ4v) is 1.59. The molecule has 6 heteroatoms. The number of thioether (sulfide) groups is 1. The molecular weight excluding hydrogens is 176 g/mol. The highest BCUT2D eigenvalue weighted by molar-refractivity contribution is 7.99. The lowest BCUT2D eigenvalue weighted by atomic mass is 10.5. The van der Waals surface area contributed by atoms with Crippen LogP contribution < -0.4 is 11.4 Å². The first-order chi connectivity index (χ1) is 5.75. The number of nitrogens with one attached hydrogen (secondary N) is 1. The lowest BCUT2D eigenvalue weighted by Crippen LogP contribution is -2.13. The number of hydrogen-bond donors (Lipinski definition) is 2. The van der Waals surface area contributed by atoms with Gasteiger partial charge in [-0.25, -0.2) is 9.89 Å². The average molecular weight is 188 g/mol. The Balaban J connectivity index is 2.52. The molecule has 0 aliphatic rings. The fourth-order valence-electron chi connectivity index (χ4n) is 0.708. The van der Waals surface area contributed by atoms with E-state index in [1.807, 2.05) is 0 Å². The number of hydrogen-bond acceptors (Lipinski definition) is 4. The van der Waals surface area contributed by atoms with Gasteiger partial charge in [0, 0.05) is 12.8 Å². The van der Waals surface area contributed by atoms with Gasteiger partial charge < -0.3 is 5.73 Å². The average Bonchev–Trinajstić information content (AvgIpc) is 2.36. The Labute approximate surface area is 74.3 Å². The fraction of sp³-hybridized carbons (Fsp3) is 0.667. The second-order valence-electron chi connectivity index (χ2n) is 2.36. The van der Waals surface area contributed by atoms with Gasteiger partial charge in [-0.1, -0.05) is 11.8 Å². The first-order valence-electron chi connectivity index (χ1n) is 3.70. The standard InChI is InChI=1S/C6H12N4OS/c1-10-5(11)8-9-6(10)12-4-2-3-7/h2-4,7H2,1H3,(H,8,11). The van der Waals surface area contributed by atoms with Crippen LogP contribution in [0.1, 0.15) is 6.42 Å². The second-order valence-corrected chi connectivity index (χ2v) is 3.42. The molecule has 1 aromatic rings. The van der Waals surface area contributed by atoms with Crippen molar-refractivity contribution in [1.29, 1.82) is 0 Å². The highest BCUT2D eigenvalue weighted by atomic mass is 32.2. The van der Waals surface area contributed by atoms with Crippen molar-refractivity contribution in [1.82, 2.24) is 14.8 Å². The summed E-state index contributed by atoms with van der Waals surface area (Å²) in [5.41, 5.74) is 5.15. The van der Waals surface area contributed by atoms with Crippen LogP contribution in [0.4, 0.5) is 0 Å². The summed E-state index contributed by atoms with van der Waals surface area (Å²) in [6.07, 6.45) is 0.936. The van der Waals surface area contributed by atoms with Gasteiger partial charge in [0.25, 0.3) is 0 Å². The van der Waals surface area contributed by atoms with Gasteiger partial charge in [-0.15, -0.1) is 5.10 Å². The van der Waals surface area contributed by atoms with Crippen molar-refractivity contribution in [3.63, 3.8) is 0 Å². The number of nitrogens with zero attached hydrogens (tertiary/aromatic N) is 2. The van der Waals surface area contributed by atoms with Crippen molar-refractivity contribution >= 4 is 11.8 Å². The molecule has 0 radical (unpaired) electrons. The van der Waals surface area contributed by atoms with Crippen molar-refractivity contribution in [2.75, 3.05) is 12.3 Å². The Bertz CT molecular complexity index is 292. The number of rotatable bonds is 4. The molecule has 0 amide bonds. The van der Waals surface area contributed by atoms with Crippen LogP contribution in [0.5, 0.6) is 0 Å². The van der Waals surface area contributed by atoms with E-state index >= 15 is 0 Å². The molecule has 1 rings (SSSR count). The molecule has 0 aliphatic heterocycles. The summed E-state index contributed by atoms with van der Waals surface area (Å²) in [5.74, 6) is 0.897. The minimum Gasteiger partial charge on any atom is -0.330 e. The molecule has 1 aromatic heterocycles. The van der Waals surface area contributed by atoms with Gasteiger partial charge in [0.15, 0.2) is 5.16 Å². The van der Waals surface area contributed by atoms with E-state index in [4.69, 9.17) is 5.73 Å². The van der Waals surface area contributed by atoms with Gasteiger partial charge in [0.05, 0.1) is 0 Å². The van der Waals surface area contributed by atoms with Crippen molar-refractivity contribution in [2.24, 2.45) is 12.8 Å². The number of nitrogens with two attached hydrogens (primary N) is 1. The summed E-state index contributed by atoms with van der Waals surface area (Å²) in [7, 11) is 1.69. The molecule has 12 heavy (non-hydrogen) atoms. The van der Waals surface area contributed by atoms with Crippen molar-refractivity contribution in [3.05, 3.63) is 10.5 Å². The SMILES string of the molecule is Cn1c(SCCCN)n[nH]c1=O. The predicted octanol–water partition coefficient (Wildman–Crippen LogP) is -0.451. The molecule has 0 atom stereocenters. The van der Waals surface area contributed by atoms with Crippen LogP contribution in [0.25, 0.3) is 0 Å². The van der Waals surface area contributed by atoms with Crippen LogP contribution in [-0.2, 0) is 7.05 Å². The van der Waals surface area contributed by atoms with E-state index in [9.17, 15) is 4.79 Å². The minimum absolute atomic E-state index is 0.176. The molecule has 0 saturated carbocycles. The molecule has 0 aliphatic carbocycles. The van der Waals surface area contributed by atoms with Gasteiger partial charge in [-0.3, -0.25) is 4.57 Å². The van der Waals surface area contributed by atoms with Gasteiger partial charge in [0.1, 0.15) is 0 Å². The molecular formula is C6H12N4OS. The maximum Gasteiger partial charge on any atom is 0.343 e. The molecule has 0 unspecified atom stereocenters. The van der Waals surface area contributed by atoms with Crippen molar-refractivity contribution in [3.8, 4) is 0 Å². The zero-order valence-corrected chi connectivity index (χ0v) is 7.73. The quantitative estimate of drug-likeness (QED) is 0.495. The Kier molecular flexibility index (Phi) is 3.36. The van der Waals surface area contributed by atoms with E-state index in [-0.39, 0.29) is 5.69 Å². The van der Waals surface area contributed by atoms with Crippen LogP contribution in [0.3, 0.4) is 0 Å².